The van der Waals surface area contributed by atoms with E-state index in [0.29, 0.717) is 39.6 Å². The molecule has 0 saturated heterocycles. The van der Waals surface area contributed by atoms with Crippen LogP contribution in [0.2, 0.25) is 0 Å². The molecule has 0 rings (SSSR count). The summed E-state index contributed by atoms with van der Waals surface area (Å²) in [7, 11) is 0. The van der Waals surface area contributed by atoms with Gasteiger partial charge in [-0.05, 0) is 69.2 Å². The molecule has 0 aromatic carbocycles. The fraction of sp³-hybridized carbons (Fsp3) is 0.842. The van der Waals surface area contributed by atoms with Crippen molar-refractivity contribution >= 4 is 99.4 Å². The second kappa shape index (κ2) is 26.9. The van der Waals surface area contributed by atoms with Gasteiger partial charge in [0, 0.05) is 25.6 Å². The van der Waals surface area contributed by atoms with Gasteiger partial charge in [-0.15, -0.1) is 0 Å². The molecule has 21 heteroatoms. The van der Waals surface area contributed by atoms with Crippen LogP contribution in [0.4, 0.5) is 0 Å². The molecule has 0 saturated carbocycles. The van der Waals surface area contributed by atoms with Crippen LogP contribution in [-0.2, 0) is 66.7 Å². The number of rotatable bonds is 31. The molecule has 0 aromatic rings. The third-order valence-corrected chi connectivity index (χ3v) is 9.25. The van der Waals surface area contributed by atoms with Crippen LogP contribution >= 0.6 is 63.7 Å². The summed E-state index contributed by atoms with van der Waals surface area (Å²) in [5, 5.41) is 5.65. The van der Waals surface area contributed by atoms with Crippen molar-refractivity contribution in [3.8, 4) is 0 Å². The summed E-state index contributed by atoms with van der Waals surface area (Å²) < 4.78 is 39.8. The Kier molecular flexibility index (Phi) is 26.2. The van der Waals surface area contributed by atoms with Crippen molar-refractivity contribution in [3.05, 3.63) is 0 Å². The first-order valence-electron chi connectivity index (χ1n) is 19.0. The lowest BCUT2D eigenvalue weighted by molar-refractivity contribution is -0.161. The average Bonchev–Trinajstić information content (AvgIpc) is 3.13. The maximum absolute atomic E-state index is 13.8. The van der Waals surface area contributed by atoms with Gasteiger partial charge >= 0.3 is 23.9 Å². The maximum Gasteiger partial charge on any atom is 0.322 e. The Hall–Kier alpha value is -1.46. The van der Waals surface area contributed by atoms with E-state index in [0.717, 1.165) is 0 Å². The SMILES string of the molecule is CC(C)(Br)C(=O)OCC(C)(COC(=O)C(C)(C)Br)C(=O)NCC(CNC(=O)C(C)(COC(=O)C(C)(C)Br)COC(=O)C(C)(C)Br)COCCOCCOCCOCCN. The van der Waals surface area contributed by atoms with Gasteiger partial charge in [0.15, 0.2) is 0 Å². The molecule has 0 aliphatic carbocycles. The quantitative estimate of drug-likeness (QED) is 0.0389. The number of carbonyl (C=O) groups is 6. The predicted octanol–water partition coefficient (Wildman–Crippen LogP) is 3.74. The van der Waals surface area contributed by atoms with E-state index in [9.17, 15) is 28.8 Å². The van der Waals surface area contributed by atoms with E-state index in [1.807, 2.05) is 0 Å². The van der Waals surface area contributed by atoms with Crippen LogP contribution in [0.1, 0.15) is 69.2 Å². The zero-order valence-electron chi connectivity index (χ0n) is 36.0. The van der Waals surface area contributed by atoms with Crippen molar-refractivity contribution in [1.29, 1.82) is 0 Å². The normalized spacial score (nSPS) is 12.8. The van der Waals surface area contributed by atoms with Gasteiger partial charge in [-0.1, -0.05) is 63.7 Å². The molecular weight excluding hydrogens is 1040 g/mol. The van der Waals surface area contributed by atoms with Crippen LogP contribution in [0.3, 0.4) is 0 Å². The molecule has 0 atom stereocenters. The Balaban J connectivity index is 6.07. The van der Waals surface area contributed by atoms with E-state index in [4.69, 9.17) is 43.6 Å². The molecule has 0 bridgehead atoms. The molecule has 0 spiro atoms. The van der Waals surface area contributed by atoms with E-state index in [1.54, 1.807) is 55.4 Å². The number of hydrogen-bond acceptors (Lipinski definition) is 15. The van der Waals surface area contributed by atoms with Crippen LogP contribution in [0.25, 0.3) is 0 Å². The lowest BCUT2D eigenvalue weighted by Gasteiger charge is -2.31. The fourth-order valence-electron chi connectivity index (χ4n) is 4.02. The first-order valence-corrected chi connectivity index (χ1v) is 22.2. The Morgan fingerprint density at radius 1 is 0.458 bits per heavy atom. The number of halogens is 4. The van der Waals surface area contributed by atoms with E-state index < -0.39 is 96.2 Å². The fourth-order valence-corrected chi connectivity index (χ4v) is 4.47. The van der Waals surface area contributed by atoms with Crippen molar-refractivity contribution in [2.75, 3.05) is 98.9 Å². The van der Waals surface area contributed by atoms with E-state index in [2.05, 4.69) is 74.4 Å². The predicted molar refractivity (Wildman–Crippen MR) is 234 cm³/mol. The zero-order valence-corrected chi connectivity index (χ0v) is 42.3. The van der Waals surface area contributed by atoms with Crippen LogP contribution in [0, 0.1) is 16.7 Å². The summed E-state index contributed by atoms with van der Waals surface area (Å²) >= 11 is 13.0. The molecule has 0 radical (unpaired) electrons. The monoisotopic (exact) mass is 1100 g/mol. The standard InChI is InChI=1S/C38H65Br4N3O14/c1-33(2,39)29(48)56-22-37(9,23-57-30(49)34(3,4)40)27(46)44-19-26(21-55-18-17-54-16-15-53-14-13-52-12-11-43)20-45-28(47)38(10,24-58-31(50)35(5,6)41)25-59-32(51)36(7,8)42/h26H,11-25,43H2,1-10H3,(H,44,46)(H,45,47). The number of amides is 2. The van der Waals surface area contributed by atoms with Crippen LogP contribution < -0.4 is 16.4 Å². The minimum Gasteiger partial charge on any atom is -0.463 e. The maximum atomic E-state index is 13.8. The van der Waals surface area contributed by atoms with Crippen LogP contribution in [-0.4, -0.2) is 152 Å². The lowest BCUT2D eigenvalue weighted by Crippen LogP contribution is -2.51. The first-order chi connectivity index (χ1) is 27.0. The minimum atomic E-state index is -1.53. The van der Waals surface area contributed by atoms with Crippen LogP contribution in [0.15, 0.2) is 0 Å². The van der Waals surface area contributed by atoms with Gasteiger partial charge in [-0.25, -0.2) is 0 Å². The van der Waals surface area contributed by atoms with Gasteiger partial charge < -0.3 is 54.3 Å². The smallest absolute Gasteiger partial charge is 0.322 e. The third-order valence-electron chi connectivity index (χ3n) is 7.96. The van der Waals surface area contributed by atoms with Gasteiger partial charge in [-0.2, -0.15) is 0 Å². The number of nitrogens with one attached hydrogen (secondary N) is 2. The van der Waals surface area contributed by atoms with Crippen molar-refractivity contribution in [2.45, 2.75) is 86.5 Å². The van der Waals surface area contributed by atoms with E-state index in [1.165, 1.54) is 13.8 Å². The average molecular weight is 1110 g/mol. The third kappa shape index (κ3) is 24.7. The van der Waals surface area contributed by atoms with Crippen molar-refractivity contribution < 1.29 is 66.7 Å². The number of esters is 4. The minimum absolute atomic E-state index is 0.0331. The Labute approximate surface area is 382 Å². The molecule has 0 aliphatic heterocycles. The van der Waals surface area contributed by atoms with Gasteiger partial charge in [-0.3, -0.25) is 28.8 Å². The Bertz CT molecular complexity index is 1200. The number of carbonyl (C=O) groups excluding carboxylic acids is 6. The highest BCUT2D eigenvalue weighted by atomic mass is 79.9. The first kappa shape index (κ1) is 57.5. The molecule has 4 N–H and O–H groups in total. The van der Waals surface area contributed by atoms with E-state index in [-0.39, 0.29) is 32.9 Å². The highest BCUT2D eigenvalue weighted by Gasteiger charge is 2.42. The summed E-state index contributed by atoms with van der Waals surface area (Å²) in [6, 6.07) is 0. The van der Waals surface area contributed by atoms with Crippen molar-refractivity contribution in [3.63, 3.8) is 0 Å². The molecule has 0 unspecified atom stereocenters. The molecule has 0 fully saturated rings. The lowest BCUT2D eigenvalue weighted by atomic mass is 9.90. The summed E-state index contributed by atoms with van der Waals surface area (Å²) in [4.78, 5) is 78.2. The number of ether oxygens (including phenoxy) is 8. The second-order valence-electron chi connectivity index (χ2n) is 16.3. The highest BCUT2D eigenvalue weighted by molar-refractivity contribution is 9.10. The molecule has 0 aromatic heterocycles. The van der Waals surface area contributed by atoms with Crippen molar-refractivity contribution in [1.82, 2.24) is 10.6 Å². The summed E-state index contributed by atoms with van der Waals surface area (Å²) in [5.74, 6) is -4.32. The van der Waals surface area contributed by atoms with Crippen LogP contribution in [0.5, 0.6) is 0 Å². The summed E-state index contributed by atoms with van der Waals surface area (Å²) in [5.41, 5.74) is 2.34. The van der Waals surface area contributed by atoms with Gasteiger partial charge in [0.05, 0.1) is 52.9 Å². The molecular formula is C38H65Br4N3O14. The highest BCUT2D eigenvalue weighted by Crippen LogP contribution is 2.27. The van der Waals surface area contributed by atoms with Crippen molar-refractivity contribution in [2.24, 2.45) is 22.5 Å². The zero-order chi connectivity index (χ0) is 45.7. The Morgan fingerprint density at radius 2 is 0.712 bits per heavy atom. The van der Waals surface area contributed by atoms with E-state index >= 15 is 0 Å². The summed E-state index contributed by atoms with van der Waals surface area (Å²) in [6.07, 6.45) is 0. The van der Waals surface area contributed by atoms with Gasteiger partial charge in [0.25, 0.3) is 0 Å². The number of nitrogens with two attached hydrogens (primary N) is 1. The van der Waals surface area contributed by atoms with Gasteiger partial charge in [0.1, 0.15) is 54.6 Å². The molecule has 59 heavy (non-hydrogen) atoms. The molecule has 0 aliphatic rings. The number of hydrogen-bond donors (Lipinski definition) is 3. The molecule has 0 heterocycles. The molecule has 17 nitrogen and oxygen atoms in total. The second-order valence-corrected chi connectivity index (χ2v) is 24.2. The Morgan fingerprint density at radius 3 is 0.966 bits per heavy atom. The molecule has 344 valence electrons. The summed E-state index contributed by atoms with van der Waals surface area (Å²) in [6.45, 7) is 16.7. The van der Waals surface area contributed by atoms with Gasteiger partial charge in [0.2, 0.25) is 11.8 Å². The molecule has 2 amide bonds. The largest absolute Gasteiger partial charge is 0.463 e. The number of alkyl halides is 4. The topological polar surface area (TPSA) is 226 Å².